The highest BCUT2D eigenvalue weighted by molar-refractivity contribution is 5.72. The molecular weight excluding hydrogens is 480 g/mol. The minimum Gasteiger partial charge on any atom is -0.0661 e. The fourth-order valence-electron chi connectivity index (χ4n) is 10.8. The molecule has 0 bridgehead atoms. The van der Waals surface area contributed by atoms with Gasteiger partial charge >= 0.3 is 0 Å². The summed E-state index contributed by atoms with van der Waals surface area (Å²) in [5, 5.41) is 0. The molecule has 4 atom stereocenters. The van der Waals surface area contributed by atoms with E-state index >= 15 is 0 Å². The van der Waals surface area contributed by atoms with E-state index in [9.17, 15) is 0 Å². The van der Waals surface area contributed by atoms with Crippen molar-refractivity contribution >= 4 is 0 Å². The van der Waals surface area contributed by atoms with Gasteiger partial charge in [0.1, 0.15) is 0 Å². The fraction of sp³-hybridized carbons (Fsp3) is 0.500. The van der Waals surface area contributed by atoms with Gasteiger partial charge < -0.3 is 0 Å². The van der Waals surface area contributed by atoms with E-state index in [1.54, 1.807) is 55.7 Å². The van der Waals surface area contributed by atoms with Crippen LogP contribution in [0.2, 0.25) is 0 Å². The molecule has 206 valence electrons. The second-order valence-electron chi connectivity index (χ2n) is 14.3. The highest BCUT2D eigenvalue weighted by atomic mass is 14.5. The van der Waals surface area contributed by atoms with Crippen molar-refractivity contribution in [3.63, 3.8) is 0 Å². The van der Waals surface area contributed by atoms with Crippen LogP contribution < -0.4 is 0 Å². The van der Waals surface area contributed by atoms with Crippen LogP contribution in [0.4, 0.5) is 0 Å². The minimum absolute atomic E-state index is 0.661. The molecule has 0 aliphatic heterocycles. The van der Waals surface area contributed by atoms with Crippen LogP contribution >= 0.6 is 0 Å². The Balaban J connectivity index is 1.14. The van der Waals surface area contributed by atoms with Gasteiger partial charge in [-0.2, -0.15) is 0 Å². The molecule has 4 unspecified atom stereocenters. The molecule has 40 heavy (non-hydrogen) atoms. The molecule has 0 aromatic heterocycles. The second kappa shape index (κ2) is 9.47. The zero-order valence-corrected chi connectivity index (χ0v) is 25.2. The van der Waals surface area contributed by atoms with Gasteiger partial charge in [-0.05, 0) is 172 Å². The maximum atomic E-state index is 2.48. The molecule has 0 spiro atoms. The van der Waals surface area contributed by atoms with Gasteiger partial charge in [-0.3, -0.25) is 0 Å². The largest absolute Gasteiger partial charge is 0.0661 e. The molecule has 2 aromatic carbocycles. The zero-order valence-electron chi connectivity index (χ0n) is 25.2. The third-order valence-electron chi connectivity index (χ3n) is 12.8. The summed E-state index contributed by atoms with van der Waals surface area (Å²) in [6, 6.07) is 19.1. The van der Waals surface area contributed by atoms with Crippen LogP contribution in [0, 0.1) is 23.7 Å². The van der Waals surface area contributed by atoms with E-state index in [4.69, 9.17) is 0 Å². The molecule has 6 aliphatic carbocycles. The predicted octanol–water partition coefficient (Wildman–Crippen LogP) is 11.2. The lowest BCUT2D eigenvalue weighted by Gasteiger charge is -2.30. The molecule has 2 aromatic rings. The van der Waals surface area contributed by atoms with E-state index in [1.165, 1.54) is 75.3 Å². The summed E-state index contributed by atoms with van der Waals surface area (Å²) in [4.78, 5) is 0. The van der Waals surface area contributed by atoms with Gasteiger partial charge in [-0.15, -0.1) is 0 Å². The normalized spacial score (nSPS) is 33.1. The Bertz CT molecular complexity index is 1340. The average Bonchev–Trinajstić information content (AvgIpc) is 3.79. The zero-order chi connectivity index (χ0) is 27.1. The Morgan fingerprint density at radius 2 is 0.725 bits per heavy atom. The van der Waals surface area contributed by atoms with E-state index < -0.39 is 0 Å². The van der Waals surface area contributed by atoms with Crippen LogP contribution in [0.1, 0.15) is 115 Å². The summed E-state index contributed by atoms with van der Waals surface area (Å²) in [7, 11) is 0. The molecule has 8 rings (SSSR count). The molecule has 4 fully saturated rings. The maximum Gasteiger partial charge on any atom is -0.0128 e. The number of fused-ring (bicyclic) bond motifs is 4. The average molecular weight is 527 g/mol. The van der Waals surface area contributed by atoms with Crippen LogP contribution in [0.15, 0.2) is 93.1 Å². The molecule has 0 N–H and O–H groups in total. The molecule has 0 heteroatoms. The van der Waals surface area contributed by atoms with E-state index in [2.05, 4.69) is 76.2 Å². The van der Waals surface area contributed by atoms with E-state index in [-0.39, 0.29) is 0 Å². The number of hydrogen-bond acceptors (Lipinski definition) is 0. The molecule has 0 nitrogen and oxygen atoms in total. The highest BCUT2D eigenvalue weighted by Gasteiger charge is 2.44. The molecule has 0 saturated heterocycles. The van der Waals surface area contributed by atoms with Crippen molar-refractivity contribution in [3.05, 3.63) is 104 Å². The first kappa shape index (κ1) is 25.1. The van der Waals surface area contributed by atoms with Crippen molar-refractivity contribution in [3.8, 4) is 11.1 Å². The van der Waals surface area contributed by atoms with Crippen LogP contribution in [0.25, 0.3) is 11.1 Å². The third kappa shape index (κ3) is 3.63. The summed E-state index contributed by atoms with van der Waals surface area (Å²) in [6.45, 7) is 9.93. The summed E-state index contributed by atoms with van der Waals surface area (Å²) < 4.78 is 0. The molecule has 0 heterocycles. The topological polar surface area (TPSA) is 0 Å². The van der Waals surface area contributed by atoms with Crippen LogP contribution in [0.5, 0.6) is 0 Å². The van der Waals surface area contributed by atoms with Gasteiger partial charge in [0.05, 0.1) is 0 Å². The lowest BCUT2D eigenvalue weighted by atomic mass is 9.75. The molecule has 0 amide bonds. The van der Waals surface area contributed by atoms with Gasteiger partial charge in [0.25, 0.3) is 0 Å². The highest BCUT2D eigenvalue weighted by Crippen LogP contribution is 2.58. The molecule has 4 saturated carbocycles. The Morgan fingerprint density at radius 1 is 0.425 bits per heavy atom. The van der Waals surface area contributed by atoms with Gasteiger partial charge in [-0.1, -0.05) is 70.8 Å². The van der Waals surface area contributed by atoms with E-state index in [1.807, 2.05) is 0 Å². The van der Waals surface area contributed by atoms with Crippen LogP contribution in [0.3, 0.4) is 0 Å². The van der Waals surface area contributed by atoms with Gasteiger partial charge in [-0.25, -0.2) is 0 Å². The van der Waals surface area contributed by atoms with Crippen LogP contribution in [-0.4, -0.2) is 0 Å². The molecular formula is C40H46. The molecule has 6 aliphatic rings. The van der Waals surface area contributed by atoms with E-state index in [0.29, 0.717) is 11.8 Å². The quantitative estimate of drug-likeness (QED) is 0.373. The Labute approximate surface area is 242 Å². The SMILES string of the molecule is CC1=C2CCCC2=C(C)C2CC(c3ccccc3-c3ccccc3C3CC4C(C)=C5CCCC5=C(C)C4C3)CC12. The van der Waals surface area contributed by atoms with Crippen molar-refractivity contribution in [2.75, 3.05) is 0 Å². The van der Waals surface area contributed by atoms with Crippen molar-refractivity contribution in [1.29, 1.82) is 0 Å². The Hall–Kier alpha value is -2.60. The van der Waals surface area contributed by atoms with Gasteiger partial charge in [0.2, 0.25) is 0 Å². The van der Waals surface area contributed by atoms with E-state index in [0.717, 1.165) is 23.7 Å². The third-order valence-corrected chi connectivity index (χ3v) is 12.8. The predicted molar refractivity (Wildman–Crippen MR) is 168 cm³/mol. The van der Waals surface area contributed by atoms with Crippen LogP contribution in [-0.2, 0) is 0 Å². The fourth-order valence-corrected chi connectivity index (χ4v) is 10.8. The number of allylic oxidation sites excluding steroid dienone is 8. The maximum absolute atomic E-state index is 2.48. The lowest BCUT2D eigenvalue weighted by Crippen LogP contribution is -2.17. The summed E-state index contributed by atoms with van der Waals surface area (Å²) in [5.74, 6) is 4.36. The van der Waals surface area contributed by atoms with Crippen molar-refractivity contribution < 1.29 is 0 Å². The first-order chi connectivity index (χ1) is 19.5. The minimum atomic E-state index is 0.661. The summed E-state index contributed by atoms with van der Waals surface area (Å²) in [6.07, 6.45) is 13.4. The Morgan fingerprint density at radius 3 is 1.05 bits per heavy atom. The van der Waals surface area contributed by atoms with Gasteiger partial charge in [0.15, 0.2) is 0 Å². The molecule has 0 radical (unpaired) electrons. The number of benzene rings is 2. The monoisotopic (exact) mass is 526 g/mol. The summed E-state index contributed by atoms with van der Waals surface area (Å²) >= 11 is 0. The first-order valence-electron chi connectivity index (χ1n) is 16.5. The lowest BCUT2D eigenvalue weighted by molar-refractivity contribution is 0.486. The van der Waals surface area contributed by atoms with Crippen molar-refractivity contribution in [2.45, 2.75) is 104 Å². The van der Waals surface area contributed by atoms with Crippen molar-refractivity contribution in [1.82, 2.24) is 0 Å². The summed E-state index contributed by atoms with van der Waals surface area (Å²) in [5.41, 5.74) is 20.3. The Kier molecular flexibility index (Phi) is 5.95. The second-order valence-corrected chi connectivity index (χ2v) is 14.3. The number of rotatable bonds is 3. The van der Waals surface area contributed by atoms with Gasteiger partial charge in [0, 0.05) is 0 Å². The standard InChI is InChI=1S/C40H46/c1-23-29-15-9-16-30(29)24(2)38-20-27(19-37(23)38)33-11-5-7-13-35(33)36-14-8-6-12-34(36)28-21-39-25(3)31-17-10-18-32(31)26(4)40(39)22-28/h5-8,11-14,27-28,37-40H,9-10,15-22H2,1-4H3. The smallest absolute Gasteiger partial charge is 0.0128 e. The van der Waals surface area contributed by atoms with Crippen molar-refractivity contribution in [2.24, 2.45) is 23.7 Å². The number of hydrogen-bond donors (Lipinski definition) is 0. The first-order valence-corrected chi connectivity index (χ1v) is 16.5.